The predicted molar refractivity (Wildman–Crippen MR) is 107 cm³/mol. The third kappa shape index (κ3) is 3.52. The Hall–Kier alpha value is -2.74. The summed E-state index contributed by atoms with van der Waals surface area (Å²) in [6.45, 7) is 7.10. The molecule has 0 aliphatic carbocycles. The smallest absolute Gasteiger partial charge is 0.264 e. The molecule has 28 heavy (non-hydrogen) atoms. The summed E-state index contributed by atoms with van der Waals surface area (Å²) >= 11 is 0. The van der Waals surface area contributed by atoms with E-state index in [0.717, 1.165) is 0 Å². The Labute approximate surface area is 164 Å². The van der Waals surface area contributed by atoms with Gasteiger partial charge in [0.1, 0.15) is 11.6 Å². The zero-order valence-electron chi connectivity index (χ0n) is 16.5. The van der Waals surface area contributed by atoms with Gasteiger partial charge in [0.25, 0.3) is 10.0 Å². The molecular weight excluding hydrogens is 379 g/mol. The second-order valence-corrected chi connectivity index (χ2v) is 9.33. The Morgan fingerprint density at radius 1 is 1.04 bits per heavy atom. The van der Waals surface area contributed by atoms with Crippen LogP contribution in [0.15, 0.2) is 53.4 Å². The van der Waals surface area contributed by atoms with Crippen LogP contribution in [0.25, 0.3) is 11.4 Å². The molecule has 0 radical (unpaired) electrons. The largest absolute Gasteiger partial charge is 0.314 e. The van der Waals surface area contributed by atoms with Crippen molar-refractivity contribution in [2.45, 2.75) is 38.1 Å². The summed E-state index contributed by atoms with van der Waals surface area (Å²) in [7, 11) is -2.17. The van der Waals surface area contributed by atoms with E-state index in [4.69, 9.17) is 0 Å². The van der Waals surface area contributed by atoms with Crippen molar-refractivity contribution in [3.05, 3.63) is 60.2 Å². The van der Waals surface area contributed by atoms with Crippen molar-refractivity contribution >= 4 is 15.7 Å². The maximum atomic E-state index is 14.2. The molecule has 3 aromatic rings. The summed E-state index contributed by atoms with van der Waals surface area (Å²) in [4.78, 5) is 0.134. The zero-order chi connectivity index (χ0) is 20.7. The lowest BCUT2D eigenvalue weighted by Crippen LogP contribution is -2.46. The molecule has 0 spiro atoms. The van der Waals surface area contributed by atoms with Crippen LogP contribution in [0.4, 0.5) is 10.1 Å². The molecule has 8 heteroatoms. The lowest BCUT2D eigenvalue weighted by molar-refractivity contribution is 0.534. The van der Waals surface area contributed by atoms with E-state index in [0.29, 0.717) is 17.2 Å². The van der Waals surface area contributed by atoms with Crippen LogP contribution >= 0.6 is 0 Å². The van der Waals surface area contributed by atoms with E-state index in [1.165, 1.54) is 34.6 Å². The quantitative estimate of drug-likeness (QED) is 0.663. The fourth-order valence-corrected chi connectivity index (χ4v) is 4.90. The van der Waals surface area contributed by atoms with Crippen molar-refractivity contribution in [2.75, 3.05) is 4.31 Å². The molecule has 6 nitrogen and oxygen atoms in total. The van der Waals surface area contributed by atoms with Crippen molar-refractivity contribution in [3.8, 4) is 11.4 Å². The average molecular weight is 402 g/mol. The van der Waals surface area contributed by atoms with Crippen molar-refractivity contribution in [2.24, 2.45) is 7.05 Å². The van der Waals surface area contributed by atoms with Crippen LogP contribution in [0.3, 0.4) is 0 Å². The summed E-state index contributed by atoms with van der Waals surface area (Å²) in [6.07, 6.45) is 0. The summed E-state index contributed by atoms with van der Waals surface area (Å²) in [6, 6.07) is 12.2. The minimum atomic E-state index is -3.96. The lowest BCUT2D eigenvalue weighted by Gasteiger charge is -2.37. The molecule has 0 saturated carbocycles. The lowest BCUT2D eigenvalue weighted by atomic mass is 10.1. The standard InChI is InChI=1S/C20H23FN4O2S/c1-14-22-23-19(24(14)5)17-12-11-15(21)13-18(17)25(20(2,3)4)28(26,27)16-9-7-6-8-10-16/h6-13H,1-5H3. The number of rotatable bonds is 4. The average Bonchev–Trinajstić information content (AvgIpc) is 2.94. The molecule has 1 heterocycles. The highest BCUT2D eigenvalue weighted by Gasteiger charge is 2.36. The maximum Gasteiger partial charge on any atom is 0.264 e. The van der Waals surface area contributed by atoms with Gasteiger partial charge < -0.3 is 4.57 Å². The van der Waals surface area contributed by atoms with Gasteiger partial charge in [-0.1, -0.05) is 18.2 Å². The van der Waals surface area contributed by atoms with Crippen LogP contribution in [0.2, 0.25) is 0 Å². The monoisotopic (exact) mass is 402 g/mol. The Morgan fingerprint density at radius 3 is 2.21 bits per heavy atom. The van der Waals surface area contributed by atoms with Crippen LogP contribution in [0.1, 0.15) is 26.6 Å². The molecule has 0 amide bonds. The molecule has 148 valence electrons. The van der Waals surface area contributed by atoms with Crippen molar-refractivity contribution in [1.29, 1.82) is 0 Å². The molecule has 1 aromatic heterocycles. The van der Waals surface area contributed by atoms with Gasteiger partial charge in [-0.15, -0.1) is 10.2 Å². The molecule has 0 N–H and O–H groups in total. The normalized spacial score (nSPS) is 12.2. The fraction of sp³-hybridized carbons (Fsp3) is 0.300. The van der Waals surface area contributed by atoms with Gasteiger partial charge in [-0.25, -0.2) is 12.8 Å². The molecule has 0 aliphatic rings. The van der Waals surface area contributed by atoms with E-state index in [1.807, 2.05) is 0 Å². The summed E-state index contributed by atoms with van der Waals surface area (Å²) in [5.41, 5.74) is -0.156. The van der Waals surface area contributed by atoms with Gasteiger partial charge in [-0.05, 0) is 58.0 Å². The highest BCUT2D eigenvalue weighted by Crippen LogP contribution is 2.38. The Morgan fingerprint density at radius 2 is 1.68 bits per heavy atom. The van der Waals surface area contributed by atoms with Gasteiger partial charge in [0.05, 0.1) is 10.6 Å². The molecule has 0 atom stereocenters. The van der Waals surface area contributed by atoms with Crippen LogP contribution < -0.4 is 4.31 Å². The van der Waals surface area contributed by atoms with E-state index in [1.54, 1.807) is 57.5 Å². The molecule has 0 bridgehead atoms. The van der Waals surface area contributed by atoms with E-state index in [9.17, 15) is 12.8 Å². The van der Waals surface area contributed by atoms with Gasteiger partial charge in [0, 0.05) is 18.2 Å². The second-order valence-electron chi connectivity index (χ2n) is 7.54. The number of aryl methyl sites for hydroxylation is 1. The minimum Gasteiger partial charge on any atom is -0.314 e. The third-order valence-electron chi connectivity index (χ3n) is 4.40. The number of sulfonamides is 1. The van der Waals surface area contributed by atoms with Gasteiger partial charge in [-0.2, -0.15) is 0 Å². The van der Waals surface area contributed by atoms with Gasteiger partial charge in [0.15, 0.2) is 5.82 Å². The number of nitrogens with zero attached hydrogens (tertiary/aromatic N) is 4. The first-order valence-corrected chi connectivity index (χ1v) is 10.2. The summed E-state index contributed by atoms with van der Waals surface area (Å²) in [5.74, 6) is 0.596. The zero-order valence-corrected chi connectivity index (χ0v) is 17.3. The Bertz CT molecular complexity index is 1100. The van der Waals surface area contributed by atoms with Gasteiger partial charge in [0.2, 0.25) is 0 Å². The van der Waals surface area contributed by atoms with Gasteiger partial charge >= 0.3 is 0 Å². The van der Waals surface area contributed by atoms with Crippen molar-refractivity contribution in [1.82, 2.24) is 14.8 Å². The van der Waals surface area contributed by atoms with Crippen molar-refractivity contribution in [3.63, 3.8) is 0 Å². The first kappa shape index (κ1) is 20.0. The molecule has 0 fully saturated rings. The third-order valence-corrected chi connectivity index (χ3v) is 6.50. The second kappa shape index (κ2) is 7.01. The predicted octanol–water partition coefficient (Wildman–Crippen LogP) is 3.92. The van der Waals surface area contributed by atoms with E-state index in [2.05, 4.69) is 10.2 Å². The van der Waals surface area contributed by atoms with Gasteiger partial charge in [-0.3, -0.25) is 4.31 Å². The first-order chi connectivity index (χ1) is 13.0. The molecule has 3 rings (SSSR count). The van der Waals surface area contributed by atoms with Crippen LogP contribution in [-0.2, 0) is 17.1 Å². The number of halogens is 1. The molecular formula is C20H23FN4O2S. The number of aromatic nitrogens is 3. The highest BCUT2D eigenvalue weighted by atomic mass is 32.2. The van der Waals surface area contributed by atoms with E-state index < -0.39 is 21.4 Å². The number of hydrogen-bond acceptors (Lipinski definition) is 4. The number of anilines is 1. The Balaban J connectivity index is 2.32. The number of benzene rings is 2. The topological polar surface area (TPSA) is 68.1 Å². The van der Waals surface area contributed by atoms with E-state index in [-0.39, 0.29) is 10.6 Å². The summed E-state index contributed by atoms with van der Waals surface area (Å²) < 4.78 is 44.3. The maximum absolute atomic E-state index is 14.2. The Kier molecular flexibility index (Phi) is 5.01. The minimum absolute atomic E-state index is 0.134. The summed E-state index contributed by atoms with van der Waals surface area (Å²) in [5, 5.41) is 8.21. The SMILES string of the molecule is Cc1nnc(-c2ccc(F)cc2N(C(C)(C)C)S(=O)(=O)c2ccccc2)n1C. The van der Waals surface area contributed by atoms with Crippen LogP contribution in [-0.4, -0.2) is 28.7 Å². The number of hydrogen-bond donors (Lipinski definition) is 0. The molecule has 0 unspecified atom stereocenters. The van der Waals surface area contributed by atoms with Crippen LogP contribution in [0, 0.1) is 12.7 Å². The fourth-order valence-electron chi connectivity index (χ4n) is 3.05. The van der Waals surface area contributed by atoms with Crippen molar-refractivity contribution < 1.29 is 12.8 Å². The molecule has 2 aromatic carbocycles. The highest BCUT2D eigenvalue weighted by molar-refractivity contribution is 7.93. The molecule has 0 aliphatic heterocycles. The van der Waals surface area contributed by atoms with E-state index >= 15 is 0 Å². The van der Waals surface area contributed by atoms with Crippen LogP contribution in [0.5, 0.6) is 0 Å². The first-order valence-electron chi connectivity index (χ1n) is 8.80. The molecule has 0 saturated heterocycles.